The second kappa shape index (κ2) is 14.0. The van der Waals surface area contributed by atoms with Gasteiger partial charge in [0.1, 0.15) is 48.5 Å². The fourth-order valence-corrected chi connectivity index (χ4v) is 14.5. The van der Waals surface area contributed by atoms with Gasteiger partial charge in [-0.1, -0.05) is 71.7 Å². The Morgan fingerprint density at radius 1 is 0.945 bits per heavy atom. The number of fused-ring (bicyclic) bond motifs is 6. The highest BCUT2D eigenvalue weighted by atomic mass is 28.3. The zero-order valence-corrected chi connectivity index (χ0v) is 34.2. The monoisotopic (exact) mass is 769 g/mol. The quantitative estimate of drug-likeness (QED) is 0.112. The number of halogens is 2. The van der Waals surface area contributed by atoms with Crippen molar-refractivity contribution in [3.8, 4) is 28.6 Å². The molecule has 0 N–H and O–H groups in total. The van der Waals surface area contributed by atoms with Crippen molar-refractivity contribution in [2.45, 2.75) is 116 Å². The minimum absolute atomic E-state index is 0.0683. The summed E-state index contributed by atoms with van der Waals surface area (Å²) in [7, 11) is -1.07. The number of carbonyl (C=O) groups excluding carboxylic acids is 2. The molecule has 2 unspecified atom stereocenters. The van der Waals surface area contributed by atoms with Gasteiger partial charge in [-0.25, -0.2) is 33.3 Å². The Morgan fingerprint density at radius 2 is 1.65 bits per heavy atom. The minimum atomic E-state index is -2.28. The van der Waals surface area contributed by atoms with E-state index in [9.17, 15) is 9.59 Å². The molecule has 2 fully saturated rings. The van der Waals surface area contributed by atoms with Crippen molar-refractivity contribution in [3.05, 3.63) is 53.4 Å². The Bertz CT molecular complexity index is 2260. The standard InChI is InChI=1S/C42H49F2N5O5Si/c1-22(2)55(23(3)4,24(5)6)19-18-27-29(43)16-14-25-12-11-13-28(32(25)27)35-34(44)36-33-38(47-37(45-36)40(50)52-10)48-20-26-15-17-30(31(48)21-53-39(33)46-35)49(26)41(51)54-42(7,8)9/h11-14,16,22-24,26,30-31H,15,17,20-21H2,1-10H3/t26?,30?,31-/m1/s1. The predicted octanol–water partition coefficient (Wildman–Crippen LogP) is 8.83. The molecule has 3 aliphatic rings. The van der Waals surface area contributed by atoms with Crippen LogP contribution in [0, 0.1) is 23.1 Å². The number of ether oxygens (including phenoxy) is 3. The average molecular weight is 770 g/mol. The molecule has 0 aliphatic carbocycles. The van der Waals surface area contributed by atoms with E-state index in [4.69, 9.17) is 19.2 Å². The van der Waals surface area contributed by atoms with E-state index in [-0.39, 0.29) is 58.4 Å². The molecular formula is C42H49F2N5O5Si. The Hall–Kier alpha value is -4.83. The molecule has 13 heteroatoms. The van der Waals surface area contributed by atoms with Crippen LogP contribution < -0.4 is 9.64 Å². The number of rotatable bonds is 5. The molecule has 2 bridgehead atoms. The van der Waals surface area contributed by atoms with Gasteiger partial charge in [0.15, 0.2) is 5.82 Å². The Kier molecular flexibility index (Phi) is 9.81. The van der Waals surface area contributed by atoms with E-state index in [0.717, 1.165) is 6.42 Å². The highest BCUT2D eigenvalue weighted by molar-refractivity contribution is 6.90. The van der Waals surface area contributed by atoms with Gasteiger partial charge < -0.3 is 19.1 Å². The largest absolute Gasteiger partial charge is 0.475 e. The molecule has 290 valence electrons. The first-order chi connectivity index (χ1) is 26.0. The van der Waals surface area contributed by atoms with Crippen molar-refractivity contribution in [2.24, 2.45) is 0 Å². The summed E-state index contributed by atoms with van der Waals surface area (Å²) < 4.78 is 50.7. The number of aromatic nitrogens is 3. The normalized spacial score (nSPS) is 19.4. The van der Waals surface area contributed by atoms with Gasteiger partial charge in [0, 0.05) is 17.5 Å². The molecule has 2 aromatic heterocycles. The Morgan fingerprint density at radius 3 is 2.31 bits per heavy atom. The van der Waals surface area contributed by atoms with Crippen molar-refractivity contribution in [3.63, 3.8) is 0 Å². The zero-order chi connectivity index (χ0) is 39.7. The van der Waals surface area contributed by atoms with Crippen molar-refractivity contribution in [2.75, 3.05) is 25.2 Å². The molecule has 4 aromatic rings. The lowest BCUT2D eigenvalue weighted by Crippen LogP contribution is -2.63. The number of anilines is 1. The van der Waals surface area contributed by atoms with Crippen LogP contribution in [0.2, 0.25) is 16.6 Å². The molecule has 7 rings (SSSR count). The third kappa shape index (κ3) is 6.36. The van der Waals surface area contributed by atoms with Gasteiger partial charge in [-0.2, -0.15) is 0 Å². The predicted molar refractivity (Wildman–Crippen MR) is 211 cm³/mol. The first-order valence-electron chi connectivity index (χ1n) is 19.1. The molecule has 10 nitrogen and oxygen atoms in total. The maximum atomic E-state index is 17.4. The van der Waals surface area contributed by atoms with Gasteiger partial charge in [-0.3, -0.25) is 4.90 Å². The lowest BCUT2D eigenvalue weighted by molar-refractivity contribution is 0.00539. The van der Waals surface area contributed by atoms with E-state index >= 15 is 8.78 Å². The summed E-state index contributed by atoms with van der Waals surface area (Å²) in [6.07, 6.45) is 1.01. The number of amides is 1. The first-order valence-corrected chi connectivity index (χ1v) is 21.4. The van der Waals surface area contributed by atoms with E-state index in [2.05, 4.69) is 63.0 Å². The van der Waals surface area contributed by atoms with E-state index in [1.807, 2.05) is 31.7 Å². The summed E-state index contributed by atoms with van der Waals surface area (Å²) in [5.41, 5.74) is 4.07. The number of nitrogens with zero attached hydrogens (tertiary/aromatic N) is 5. The van der Waals surface area contributed by atoms with Crippen LogP contribution in [0.15, 0.2) is 30.3 Å². The molecular weight excluding hydrogens is 721 g/mol. The fourth-order valence-electron chi connectivity index (χ4n) is 9.32. The fraction of sp³-hybridized carbons (Fsp3) is 0.500. The number of benzene rings is 2. The van der Waals surface area contributed by atoms with Crippen LogP contribution in [0.1, 0.15) is 91.3 Å². The molecule has 2 saturated heterocycles. The van der Waals surface area contributed by atoms with Crippen LogP contribution in [0.4, 0.5) is 19.4 Å². The lowest BCUT2D eigenvalue weighted by Gasteiger charge is -2.46. The Balaban J connectivity index is 1.44. The second-order valence-electron chi connectivity index (χ2n) is 16.9. The number of hydrogen-bond acceptors (Lipinski definition) is 9. The van der Waals surface area contributed by atoms with E-state index in [1.54, 1.807) is 23.1 Å². The first kappa shape index (κ1) is 38.4. The van der Waals surface area contributed by atoms with Gasteiger partial charge >= 0.3 is 12.1 Å². The molecule has 3 aliphatic heterocycles. The van der Waals surface area contributed by atoms with Crippen LogP contribution in [-0.2, 0) is 9.47 Å². The molecule has 0 saturated carbocycles. The van der Waals surface area contributed by atoms with E-state index in [1.165, 1.54) is 13.2 Å². The van der Waals surface area contributed by atoms with Crippen LogP contribution >= 0.6 is 0 Å². The molecule has 1 amide bonds. The maximum Gasteiger partial charge on any atom is 0.410 e. The van der Waals surface area contributed by atoms with Crippen molar-refractivity contribution in [1.82, 2.24) is 19.9 Å². The van der Waals surface area contributed by atoms with Gasteiger partial charge in [0.05, 0.1) is 30.8 Å². The summed E-state index contributed by atoms with van der Waals surface area (Å²) in [6.45, 7) is 19.1. The van der Waals surface area contributed by atoms with Crippen molar-refractivity contribution < 1.29 is 32.6 Å². The van der Waals surface area contributed by atoms with Gasteiger partial charge in [0.25, 0.3) is 0 Å². The highest BCUT2D eigenvalue weighted by Crippen LogP contribution is 2.46. The van der Waals surface area contributed by atoms with Crippen LogP contribution in [-0.4, -0.2) is 84.0 Å². The van der Waals surface area contributed by atoms with Crippen LogP contribution in [0.5, 0.6) is 5.88 Å². The molecule has 0 radical (unpaired) electrons. The summed E-state index contributed by atoms with van der Waals surface area (Å²) >= 11 is 0. The topological polar surface area (TPSA) is 107 Å². The van der Waals surface area contributed by atoms with Crippen LogP contribution in [0.25, 0.3) is 32.9 Å². The smallest absolute Gasteiger partial charge is 0.410 e. The van der Waals surface area contributed by atoms with Gasteiger partial charge in [0.2, 0.25) is 11.7 Å². The van der Waals surface area contributed by atoms with Gasteiger partial charge in [-0.05, 0) is 61.7 Å². The third-order valence-corrected chi connectivity index (χ3v) is 18.0. The summed E-state index contributed by atoms with van der Waals surface area (Å²) in [6, 6.07) is 7.40. The second-order valence-corrected chi connectivity index (χ2v) is 22.4. The minimum Gasteiger partial charge on any atom is -0.475 e. The molecule has 0 spiro atoms. The average Bonchev–Trinajstić information content (AvgIpc) is 3.36. The van der Waals surface area contributed by atoms with Crippen molar-refractivity contribution >= 4 is 47.6 Å². The molecule has 3 atom stereocenters. The molecule has 5 heterocycles. The van der Waals surface area contributed by atoms with Gasteiger partial charge in [-0.15, -0.1) is 5.54 Å². The SMILES string of the molecule is COC(=O)c1nc2c3c(nc(-c4cccc5ccc(F)c(C#C[Si](C(C)C)(C(C)C)C(C)C)c45)c(F)c3n1)OC[C@@H]1C3CCC(CN21)N3C(=O)OC(C)(C)C. The third-order valence-electron chi connectivity index (χ3n) is 11.7. The zero-order valence-electron chi connectivity index (χ0n) is 33.2. The van der Waals surface area contributed by atoms with E-state index < -0.39 is 43.4 Å². The summed E-state index contributed by atoms with van der Waals surface area (Å²) in [5.74, 6) is 1.13. The lowest BCUT2D eigenvalue weighted by atomic mass is 9.96. The van der Waals surface area contributed by atoms with Crippen LogP contribution in [0.3, 0.4) is 0 Å². The maximum absolute atomic E-state index is 17.4. The highest BCUT2D eigenvalue weighted by Gasteiger charge is 2.52. The number of pyridine rings is 1. The number of esters is 1. The Labute approximate surface area is 322 Å². The number of carbonyl (C=O) groups is 2. The number of hydrogen-bond donors (Lipinski definition) is 0. The summed E-state index contributed by atoms with van der Waals surface area (Å²) in [4.78, 5) is 44.2. The summed E-state index contributed by atoms with van der Waals surface area (Å²) in [5, 5.41) is 1.29. The van der Waals surface area contributed by atoms with E-state index in [0.29, 0.717) is 45.9 Å². The number of methoxy groups -OCH3 is 1. The van der Waals surface area contributed by atoms with Crippen molar-refractivity contribution in [1.29, 1.82) is 0 Å². The molecule has 2 aromatic carbocycles. The number of piperazine rings is 1. The molecule has 55 heavy (non-hydrogen) atoms.